The molecule has 142 valence electrons. The molecule has 5 heteroatoms. The van der Waals surface area contributed by atoms with Crippen LogP contribution in [0, 0.1) is 5.41 Å². The van der Waals surface area contributed by atoms with E-state index in [1.165, 1.54) is 0 Å². The van der Waals surface area contributed by atoms with Crippen LogP contribution in [0.3, 0.4) is 0 Å². The smallest absolute Gasteiger partial charge is 0.335 e. The van der Waals surface area contributed by atoms with E-state index in [2.05, 4.69) is 13.5 Å². The molecule has 2 atom stereocenters. The Morgan fingerprint density at radius 2 is 1.92 bits per heavy atom. The lowest BCUT2D eigenvalue weighted by atomic mass is 9.78. The van der Waals surface area contributed by atoms with Crippen molar-refractivity contribution < 1.29 is 23.8 Å². The van der Waals surface area contributed by atoms with Gasteiger partial charge in [0.25, 0.3) is 0 Å². The van der Waals surface area contributed by atoms with Crippen molar-refractivity contribution in [2.24, 2.45) is 5.41 Å². The lowest BCUT2D eigenvalue weighted by Crippen LogP contribution is -2.38. The molecular weight excluding hydrogens is 332 g/mol. The highest BCUT2D eigenvalue weighted by Gasteiger charge is 2.55. The molecule has 1 aliphatic heterocycles. The van der Waals surface area contributed by atoms with Gasteiger partial charge in [0.1, 0.15) is 23.9 Å². The van der Waals surface area contributed by atoms with Crippen LogP contribution in [-0.4, -0.2) is 25.2 Å². The molecule has 1 fully saturated rings. The first-order valence-corrected chi connectivity index (χ1v) is 9.14. The summed E-state index contributed by atoms with van der Waals surface area (Å²) in [4.78, 5) is 24.8. The third-order valence-corrected chi connectivity index (χ3v) is 5.04. The number of rotatable bonds is 9. The van der Waals surface area contributed by atoms with Crippen LogP contribution in [0.4, 0.5) is 0 Å². The van der Waals surface area contributed by atoms with Gasteiger partial charge in [0, 0.05) is 0 Å². The lowest BCUT2D eigenvalue weighted by Gasteiger charge is -2.27. The van der Waals surface area contributed by atoms with E-state index in [-0.39, 0.29) is 12.2 Å². The second-order valence-corrected chi connectivity index (χ2v) is 6.85. The monoisotopic (exact) mass is 360 g/mol. The maximum absolute atomic E-state index is 12.8. The number of benzene rings is 1. The van der Waals surface area contributed by atoms with Crippen LogP contribution in [0.1, 0.15) is 51.5 Å². The summed E-state index contributed by atoms with van der Waals surface area (Å²) in [6.07, 6.45) is 4.33. The highest BCUT2D eigenvalue weighted by Crippen LogP contribution is 2.42. The molecular formula is C21H28O5. The molecule has 1 aliphatic rings. The molecule has 0 bridgehead atoms. The Morgan fingerprint density at radius 3 is 2.54 bits per heavy atom. The Hall–Kier alpha value is -2.30. The molecule has 0 unspecified atom stereocenters. The molecule has 5 nitrogen and oxygen atoms in total. The van der Waals surface area contributed by atoms with E-state index in [1.807, 2.05) is 24.3 Å². The van der Waals surface area contributed by atoms with Gasteiger partial charge >= 0.3 is 11.9 Å². The molecule has 2 rings (SSSR count). The molecule has 26 heavy (non-hydrogen) atoms. The quantitative estimate of drug-likeness (QED) is 0.375. The Bertz CT molecular complexity index is 649. The average molecular weight is 360 g/mol. The highest BCUT2D eigenvalue weighted by molar-refractivity contribution is 6.00. The van der Waals surface area contributed by atoms with Crippen molar-refractivity contribution in [3.05, 3.63) is 42.0 Å². The first-order valence-electron chi connectivity index (χ1n) is 9.14. The fourth-order valence-electron chi connectivity index (χ4n) is 3.10. The van der Waals surface area contributed by atoms with Crippen molar-refractivity contribution in [1.29, 1.82) is 0 Å². The van der Waals surface area contributed by atoms with Crippen molar-refractivity contribution in [2.75, 3.05) is 7.11 Å². The van der Waals surface area contributed by atoms with Crippen molar-refractivity contribution >= 4 is 11.9 Å². The van der Waals surface area contributed by atoms with Gasteiger partial charge in [-0.25, -0.2) is 4.79 Å². The Morgan fingerprint density at radius 1 is 1.23 bits per heavy atom. The molecule has 0 N–H and O–H groups in total. The first-order chi connectivity index (χ1) is 12.4. The van der Waals surface area contributed by atoms with Crippen LogP contribution in [-0.2, 0) is 25.7 Å². The second-order valence-electron chi connectivity index (χ2n) is 6.85. The SMILES string of the molecule is C=C1C(=O)O[C@@H](CCCCCC)[C@@]1(C)C(=O)OCc1ccc(OC)cc1. The first kappa shape index (κ1) is 20.0. The predicted octanol–water partition coefficient (Wildman–Crippen LogP) is 4.20. The molecule has 0 radical (unpaired) electrons. The van der Waals surface area contributed by atoms with Crippen LogP contribution < -0.4 is 4.74 Å². The Labute approximate surface area is 155 Å². The minimum Gasteiger partial charge on any atom is -0.497 e. The number of hydrogen-bond donors (Lipinski definition) is 0. The van der Waals surface area contributed by atoms with Gasteiger partial charge in [-0.2, -0.15) is 0 Å². The van der Waals surface area contributed by atoms with E-state index in [4.69, 9.17) is 14.2 Å². The Balaban J connectivity index is 2.01. The number of ether oxygens (including phenoxy) is 3. The van der Waals surface area contributed by atoms with Crippen molar-refractivity contribution in [3.8, 4) is 5.75 Å². The molecule has 1 aromatic carbocycles. The average Bonchev–Trinajstić information content (AvgIpc) is 2.88. The van der Waals surface area contributed by atoms with Gasteiger partial charge in [-0.3, -0.25) is 4.79 Å². The van der Waals surface area contributed by atoms with E-state index in [0.717, 1.165) is 37.0 Å². The molecule has 0 aromatic heterocycles. The fourth-order valence-corrected chi connectivity index (χ4v) is 3.10. The van der Waals surface area contributed by atoms with Crippen molar-refractivity contribution in [2.45, 2.75) is 58.7 Å². The zero-order valence-corrected chi connectivity index (χ0v) is 15.9. The second kappa shape index (κ2) is 8.88. The van der Waals surface area contributed by atoms with Gasteiger partial charge in [0.2, 0.25) is 0 Å². The van der Waals surface area contributed by atoms with E-state index in [1.54, 1.807) is 14.0 Å². The maximum atomic E-state index is 12.8. The molecule has 1 saturated heterocycles. The normalized spacial score (nSPS) is 22.2. The van der Waals surface area contributed by atoms with Gasteiger partial charge in [0.15, 0.2) is 0 Å². The van der Waals surface area contributed by atoms with Gasteiger partial charge in [-0.05, 0) is 37.5 Å². The third-order valence-electron chi connectivity index (χ3n) is 5.04. The molecule has 0 saturated carbocycles. The molecule has 1 aromatic rings. The minimum atomic E-state index is -1.13. The zero-order valence-electron chi connectivity index (χ0n) is 15.9. The van der Waals surface area contributed by atoms with Crippen LogP contribution >= 0.6 is 0 Å². The van der Waals surface area contributed by atoms with Crippen LogP contribution in [0.5, 0.6) is 5.75 Å². The molecule has 0 amide bonds. The standard InChI is InChI=1S/C21H28O5/c1-5-6-7-8-9-18-21(3,15(2)19(22)26-18)20(23)25-14-16-10-12-17(24-4)13-11-16/h10-13,18H,2,5-9,14H2,1,3-4H3/t18-,21-/m0/s1. The summed E-state index contributed by atoms with van der Waals surface area (Å²) in [5, 5.41) is 0. The van der Waals surface area contributed by atoms with Gasteiger partial charge in [-0.15, -0.1) is 0 Å². The number of hydrogen-bond acceptors (Lipinski definition) is 5. The molecule has 1 heterocycles. The summed E-state index contributed by atoms with van der Waals surface area (Å²) in [6, 6.07) is 7.29. The maximum Gasteiger partial charge on any atom is 0.335 e. The van der Waals surface area contributed by atoms with Crippen molar-refractivity contribution in [1.82, 2.24) is 0 Å². The summed E-state index contributed by atoms with van der Waals surface area (Å²) in [5.41, 5.74) is -0.105. The summed E-state index contributed by atoms with van der Waals surface area (Å²) >= 11 is 0. The number of esters is 2. The van der Waals surface area contributed by atoms with Crippen LogP contribution in [0.15, 0.2) is 36.4 Å². The minimum absolute atomic E-state index is 0.127. The fraction of sp³-hybridized carbons (Fsp3) is 0.524. The summed E-state index contributed by atoms with van der Waals surface area (Å²) in [5.74, 6) is -0.235. The number of unbranched alkanes of at least 4 members (excludes halogenated alkanes) is 3. The lowest BCUT2D eigenvalue weighted by molar-refractivity contribution is -0.158. The van der Waals surface area contributed by atoms with Crippen LogP contribution in [0.2, 0.25) is 0 Å². The molecule has 0 spiro atoms. The Kier molecular flexibility index (Phi) is 6.83. The van der Waals surface area contributed by atoms with E-state index in [0.29, 0.717) is 6.42 Å². The van der Waals surface area contributed by atoms with Gasteiger partial charge in [0.05, 0.1) is 12.7 Å². The van der Waals surface area contributed by atoms with Crippen LogP contribution in [0.25, 0.3) is 0 Å². The van der Waals surface area contributed by atoms with Gasteiger partial charge < -0.3 is 14.2 Å². The number of carbonyl (C=O) groups is 2. The predicted molar refractivity (Wildman–Crippen MR) is 98.7 cm³/mol. The zero-order chi connectivity index (χ0) is 19.2. The summed E-state index contributed by atoms with van der Waals surface area (Å²) < 4.78 is 16.0. The van der Waals surface area contributed by atoms with Crippen molar-refractivity contribution in [3.63, 3.8) is 0 Å². The summed E-state index contributed by atoms with van der Waals surface area (Å²) in [6.45, 7) is 7.75. The third kappa shape index (κ3) is 4.26. The number of cyclic esters (lactones) is 1. The highest BCUT2D eigenvalue weighted by atomic mass is 16.6. The van der Waals surface area contributed by atoms with E-state index >= 15 is 0 Å². The summed E-state index contributed by atoms with van der Waals surface area (Å²) in [7, 11) is 1.60. The molecule has 0 aliphatic carbocycles. The largest absolute Gasteiger partial charge is 0.497 e. The van der Waals surface area contributed by atoms with E-state index < -0.39 is 23.5 Å². The number of methoxy groups -OCH3 is 1. The number of carbonyl (C=O) groups excluding carboxylic acids is 2. The van der Waals surface area contributed by atoms with Gasteiger partial charge in [-0.1, -0.05) is 44.9 Å². The van der Waals surface area contributed by atoms with E-state index in [9.17, 15) is 9.59 Å². The topological polar surface area (TPSA) is 61.8 Å².